The Morgan fingerprint density at radius 1 is 1.23 bits per heavy atom. The summed E-state index contributed by atoms with van der Waals surface area (Å²) in [6.45, 7) is 6.61. The molecule has 0 atom stereocenters. The molecule has 4 aromatic rings. The number of benzene rings is 2. The Labute approximate surface area is 187 Å². The number of nitrogens with zero attached hydrogens (tertiary/aromatic N) is 5. The lowest BCUT2D eigenvalue weighted by molar-refractivity contribution is -0.116. The largest absolute Gasteiger partial charge is 0.298 e. The molecule has 9 heteroatoms. The zero-order valence-electron chi connectivity index (χ0n) is 16.9. The van der Waals surface area contributed by atoms with Crippen LogP contribution in [0.1, 0.15) is 6.92 Å². The van der Waals surface area contributed by atoms with Gasteiger partial charge in [-0.25, -0.2) is 9.37 Å². The third kappa shape index (κ3) is 4.38. The number of thiazole rings is 1. The molecule has 1 amide bonds. The summed E-state index contributed by atoms with van der Waals surface area (Å²) in [5, 5.41) is 9.57. The number of carbonyl (C=O) groups excluding carboxylic acids is 1. The number of para-hydroxylation sites is 1. The van der Waals surface area contributed by atoms with Crippen LogP contribution in [0.2, 0.25) is 0 Å². The highest BCUT2D eigenvalue weighted by Crippen LogP contribution is 2.30. The molecule has 158 valence electrons. The van der Waals surface area contributed by atoms with Crippen molar-refractivity contribution in [3.8, 4) is 11.4 Å². The average Bonchev–Trinajstić information content (AvgIpc) is 3.37. The Balaban J connectivity index is 1.54. The van der Waals surface area contributed by atoms with Crippen LogP contribution in [0.5, 0.6) is 0 Å². The van der Waals surface area contributed by atoms with Gasteiger partial charge in [-0.3, -0.25) is 14.3 Å². The molecule has 0 fully saturated rings. The van der Waals surface area contributed by atoms with Gasteiger partial charge >= 0.3 is 0 Å². The van der Waals surface area contributed by atoms with Gasteiger partial charge in [0.15, 0.2) is 16.1 Å². The number of fused-ring (bicyclic) bond motifs is 1. The van der Waals surface area contributed by atoms with Crippen LogP contribution in [0.15, 0.2) is 66.3 Å². The summed E-state index contributed by atoms with van der Waals surface area (Å²) in [7, 11) is 0. The number of hydrogen-bond donors (Lipinski definition) is 0. The summed E-state index contributed by atoms with van der Waals surface area (Å²) in [6.07, 6.45) is 1.69. The van der Waals surface area contributed by atoms with Gasteiger partial charge in [0.25, 0.3) is 0 Å². The fraction of sp³-hybridized carbons (Fsp3) is 0.182. The SMILES string of the molecule is C=CCn1c(SCC(=O)N(CC)c2nc3ccccc3s2)nnc1-c1ccccc1F. The van der Waals surface area contributed by atoms with Crippen LogP contribution >= 0.6 is 23.1 Å². The second-order valence-corrected chi connectivity index (χ2v) is 8.53. The van der Waals surface area contributed by atoms with Crippen molar-refractivity contribution in [2.75, 3.05) is 17.2 Å². The lowest BCUT2D eigenvalue weighted by Crippen LogP contribution is -2.32. The quantitative estimate of drug-likeness (QED) is 0.277. The van der Waals surface area contributed by atoms with E-state index in [2.05, 4.69) is 21.8 Å². The third-order valence-corrected chi connectivity index (χ3v) is 6.61. The van der Waals surface area contributed by atoms with Gasteiger partial charge in [0.1, 0.15) is 5.82 Å². The van der Waals surface area contributed by atoms with Crippen LogP contribution < -0.4 is 4.90 Å². The van der Waals surface area contributed by atoms with E-state index in [0.29, 0.717) is 34.8 Å². The molecule has 6 nitrogen and oxygen atoms in total. The maximum absolute atomic E-state index is 14.3. The van der Waals surface area contributed by atoms with E-state index in [1.54, 1.807) is 33.7 Å². The Morgan fingerprint density at radius 3 is 2.74 bits per heavy atom. The molecule has 0 saturated heterocycles. The molecular formula is C22H20FN5OS2. The molecule has 0 radical (unpaired) electrons. The van der Waals surface area contributed by atoms with Crippen molar-refractivity contribution in [3.63, 3.8) is 0 Å². The molecular weight excluding hydrogens is 433 g/mol. The summed E-state index contributed by atoms with van der Waals surface area (Å²) >= 11 is 2.76. The number of allylic oxidation sites excluding steroid dienone is 1. The van der Waals surface area contributed by atoms with E-state index in [-0.39, 0.29) is 17.5 Å². The minimum atomic E-state index is -0.374. The zero-order chi connectivity index (χ0) is 21.8. The minimum Gasteiger partial charge on any atom is -0.298 e. The molecule has 4 rings (SSSR count). The molecule has 2 heterocycles. The van der Waals surface area contributed by atoms with E-state index in [1.807, 2.05) is 31.2 Å². The van der Waals surface area contributed by atoms with Crippen molar-refractivity contribution in [2.45, 2.75) is 18.6 Å². The molecule has 2 aromatic carbocycles. The maximum atomic E-state index is 14.3. The van der Waals surface area contributed by atoms with E-state index in [0.717, 1.165) is 10.2 Å². The third-order valence-electron chi connectivity index (χ3n) is 4.60. The number of carbonyl (C=O) groups is 1. The minimum absolute atomic E-state index is 0.0767. The lowest BCUT2D eigenvalue weighted by atomic mass is 10.2. The van der Waals surface area contributed by atoms with Gasteiger partial charge in [-0.15, -0.1) is 16.8 Å². The number of aromatic nitrogens is 4. The van der Waals surface area contributed by atoms with Crippen molar-refractivity contribution in [2.24, 2.45) is 0 Å². The van der Waals surface area contributed by atoms with Crippen molar-refractivity contribution in [1.82, 2.24) is 19.7 Å². The Hall–Kier alpha value is -3.04. The number of hydrogen-bond acceptors (Lipinski definition) is 6. The smallest absolute Gasteiger partial charge is 0.239 e. The highest BCUT2D eigenvalue weighted by molar-refractivity contribution is 7.99. The number of halogens is 1. The van der Waals surface area contributed by atoms with Crippen LogP contribution in [-0.4, -0.2) is 38.0 Å². The first-order valence-electron chi connectivity index (χ1n) is 9.70. The summed E-state index contributed by atoms with van der Waals surface area (Å²) in [5.41, 5.74) is 1.24. The molecule has 0 aliphatic rings. The van der Waals surface area contributed by atoms with Gasteiger partial charge in [-0.1, -0.05) is 53.4 Å². The highest BCUT2D eigenvalue weighted by atomic mass is 32.2. The van der Waals surface area contributed by atoms with Crippen molar-refractivity contribution in [1.29, 1.82) is 0 Å². The molecule has 0 N–H and O–H groups in total. The number of amides is 1. The van der Waals surface area contributed by atoms with Crippen molar-refractivity contribution in [3.05, 3.63) is 67.0 Å². The molecule has 0 aliphatic carbocycles. The molecule has 0 bridgehead atoms. The Morgan fingerprint density at radius 2 is 2.00 bits per heavy atom. The zero-order valence-corrected chi connectivity index (χ0v) is 18.5. The average molecular weight is 454 g/mol. The fourth-order valence-corrected chi connectivity index (χ4v) is 5.00. The second-order valence-electron chi connectivity index (χ2n) is 6.58. The standard InChI is InChI=1S/C22H20FN5OS2/c1-3-13-28-20(15-9-5-6-10-16(15)23)25-26-22(28)30-14-19(29)27(4-2)21-24-17-11-7-8-12-18(17)31-21/h3,5-12H,1,4,13-14H2,2H3. The van der Waals surface area contributed by atoms with E-state index < -0.39 is 0 Å². The number of rotatable bonds is 8. The molecule has 0 spiro atoms. The van der Waals surface area contributed by atoms with Gasteiger partial charge in [0.2, 0.25) is 5.91 Å². The van der Waals surface area contributed by atoms with E-state index in [4.69, 9.17) is 0 Å². The van der Waals surface area contributed by atoms with Crippen LogP contribution in [0.25, 0.3) is 21.6 Å². The molecule has 0 aliphatic heterocycles. The predicted molar refractivity (Wildman–Crippen MR) is 124 cm³/mol. The first-order chi connectivity index (χ1) is 15.1. The normalized spacial score (nSPS) is 11.0. The molecule has 31 heavy (non-hydrogen) atoms. The van der Waals surface area contributed by atoms with Gasteiger partial charge in [-0.2, -0.15) is 0 Å². The van der Waals surface area contributed by atoms with Gasteiger partial charge in [0.05, 0.1) is 21.5 Å². The highest BCUT2D eigenvalue weighted by Gasteiger charge is 2.21. The van der Waals surface area contributed by atoms with E-state index >= 15 is 0 Å². The van der Waals surface area contributed by atoms with E-state index in [1.165, 1.54) is 29.2 Å². The fourth-order valence-electron chi connectivity index (χ4n) is 3.13. The Bertz CT molecular complexity index is 1200. The summed E-state index contributed by atoms with van der Waals surface area (Å²) in [6, 6.07) is 14.2. The second kappa shape index (κ2) is 9.40. The van der Waals surface area contributed by atoms with Crippen LogP contribution in [0.4, 0.5) is 9.52 Å². The molecule has 0 unspecified atom stereocenters. The summed E-state index contributed by atoms with van der Waals surface area (Å²) in [5.74, 6) is 0.121. The first-order valence-corrected chi connectivity index (χ1v) is 11.5. The van der Waals surface area contributed by atoms with Gasteiger partial charge < -0.3 is 0 Å². The molecule has 0 saturated carbocycles. The van der Waals surface area contributed by atoms with Crippen LogP contribution in [0.3, 0.4) is 0 Å². The Kier molecular flexibility index (Phi) is 6.43. The van der Waals surface area contributed by atoms with Crippen molar-refractivity contribution >= 4 is 44.4 Å². The van der Waals surface area contributed by atoms with E-state index in [9.17, 15) is 9.18 Å². The summed E-state index contributed by atoms with van der Waals surface area (Å²) < 4.78 is 17.1. The van der Waals surface area contributed by atoms with Gasteiger partial charge in [-0.05, 0) is 31.2 Å². The van der Waals surface area contributed by atoms with Crippen LogP contribution in [-0.2, 0) is 11.3 Å². The number of thioether (sulfide) groups is 1. The monoisotopic (exact) mass is 453 g/mol. The topological polar surface area (TPSA) is 63.9 Å². The number of anilines is 1. The molecule has 2 aromatic heterocycles. The predicted octanol–water partition coefficient (Wildman–Crippen LogP) is 5.03. The summed E-state index contributed by atoms with van der Waals surface area (Å²) in [4.78, 5) is 19.2. The maximum Gasteiger partial charge on any atom is 0.239 e. The first kappa shape index (κ1) is 21.2. The van der Waals surface area contributed by atoms with Crippen molar-refractivity contribution < 1.29 is 9.18 Å². The van der Waals surface area contributed by atoms with Crippen LogP contribution in [0, 0.1) is 5.82 Å². The lowest BCUT2D eigenvalue weighted by Gasteiger charge is -2.17. The van der Waals surface area contributed by atoms with Gasteiger partial charge in [0, 0.05) is 13.1 Å².